The summed E-state index contributed by atoms with van der Waals surface area (Å²) in [5, 5.41) is 7.61. The lowest BCUT2D eigenvalue weighted by Crippen LogP contribution is -2.43. The minimum Gasteiger partial charge on any atom is -0.355 e. The molecule has 0 spiro atoms. The van der Waals surface area contributed by atoms with Crippen LogP contribution in [0.25, 0.3) is 10.8 Å². The summed E-state index contributed by atoms with van der Waals surface area (Å²) in [5.41, 5.74) is -0.510. The lowest BCUT2D eigenvalue weighted by molar-refractivity contribution is -0.134. The molecule has 0 saturated carbocycles. The van der Waals surface area contributed by atoms with Crippen LogP contribution in [0.1, 0.15) is 18.9 Å². The van der Waals surface area contributed by atoms with Gasteiger partial charge in [0.2, 0.25) is 5.91 Å². The first-order valence-corrected chi connectivity index (χ1v) is 11.5. The van der Waals surface area contributed by atoms with Gasteiger partial charge in [-0.2, -0.15) is 0 Å². The molecule has 0 aliphatic carbocycles. The van der Waals surface area contributed by atoms with Crippen LogP contribution >= 0.6 is 11.8 Å². The average Bonchev–Trinajstić information content (AvgIpc) is 3.03. The minimum atomic E-state index is -1.20. The van der Waals surface area contributed by atoms with E-state index in [1.165, 1.54) is 4.90 Å². The molecule has 4 amide bonds. The molecule has 1 fully saturated rings. The van der Waals surface area contributed by atoms with Gasteiger partial charge in [0.25, 0.3) is 5.91 Å². The monoisotopic (exact) mass is 447 g/mol. The molecule has 6 nitrogen and oxygen atoms in total. The average molecular weight is 448 g/mol. The van der Waals surface area contributed by atoms with Gasteiger partial charge in [-0.05, 0) is 53.6 Å². The van der Waals surface area contributed by atoms with Crippen molar-refractivity contribution in [3.8, 4) is 0 Å². The number of amides is 4. The van der Waals surface area contributed by atoms with Crippen molar-refractivity contribution < 1.29 is 14.4 Å². The molecule has 1 saturated heterocycles. The Kier molecular flexibility index (Phi) is 6.46. The molecule has 1 aliphatic heterocycles. The molecule has 0 radical (unpaired) electrons. The van der Waals surface area contributed by atoms with Crippen molar-refractivity contribution in [1.82, 2.24) is 15.5 Å². The molecule has 2 N–H and O–H groups in total. The van der Waals surface area contributed by atoms with Crippen molar-refractivity contribution in [3.05, 3.63) is 78.4 Å². The van der Waals surface area contributed by atoms with Gasteiger partial charge in [0.05, 0.1) is 0 Å². The van der Waals surface area contributed by atoms with E-state index in [2.05, 4.69) is 10.6 Å². The summed E-state index contributed by atoms with van der Waals surface area (Å²) in [6.45, 7) is 1.87. The summed E-state index contributed by atoms with van der Waals surface area (Å²) >= 11 is 1.72. The summed E-state index contributed by atoms with van der Waals surface area (Å²) in [4.78, 5) is 40.1. The Morgan fingerprint density at radius 1 is 1.00 bits per heavy atom. The number of thioether (sulfide) groups is 1. The number of hydrogen-bond acceptors (Lipinski definition) is 4. The Morgan fingerprint density at radius 2 is 1.72 bits per heavy atom. The van der Waals surface area contributed by atoms with Crippen molar-refractivity contribution >= 4 is 40.4 Å². The van der Waals surface area contributed by atoms with Crippen LogP contribution in [0, 0.1) is 0 Å². The first kappa shape index (κ1) is 21.9. The first-order valence-electron chi connectivity index (χ1n) is 10.6. The Balaban J connectivity index is 1.32. The molecule has 0 bridgehead atoms. The number of hydrogen-bond donors (Lipinski definition) is 2. The topological polar surface area (TPSA) is 78.5 Å². The number of carbonyl (C=O) groups is 3. The number of benzene rings is 3. The molecule has 3 aromatic rings. The molecular formula is C25H25N3O3S. The second-order valence-corrected chi connectivity index (χ2v) is 9.04. The highest BCUT2D eigenvalue weighted by Gasteiger charge is 2.49. The van der Waals surface area contributed by atoms with Gasteiger partial charge in [0, 0.05) is 11.4 Å². The largest absolute Gasteiger partial charge is 0.355 e. The molecule has 7 heteroatoms. The SMILES string of the molecule is C[C@@]1(c2ccc3ccccc3c2)NC(=O)N(CC(=O)NCCCSc2ccccc2)C1=O. The standard InChI is InChI=1S/C25H25N3O3S/c1-25(20-13-12-18-8-5-6-9-19(18)16-20)23(30)28(24(31)27-25)17-22(29)26-14-7-15-32-21-10-3-2-4-11-21/h2-6,8-13,16H,7,14-15,17H2,1H3,(H,26,29)(H,27,31)/t25-/m0/s1. The number of rotatable bonds is 8. The number of fused-ring (bicyclic) bond motifs is 1. The third-order valence-electron chi connectivity index (χ3n) is 5.56. The van der Waals surface area contributed by atoms with Gasteiger partial charge in [-0.1, -0.05) is 54.6 Å². The minimum absolute atomic E-state index is 0.292. The van der Waals surface area contributed by atoms with Crippen LogP contribution < -0.4 is 10.6 Å². The van der Waals surface area contributed by atoms with E-state index in [1.807, 2.05) is 72.8 Å². The van der Waals surface area contributed by atoms with E-state index in [0.717, 1.165) is 27.8 Å². The van der Waals surface area contributed by atoms with E-state index < -0.39 is 17.5 Å². The van der Waals surface area contributed by atoms with Gasteiger partial charge >= 0.3 is 6.03 Å². The Hall–Kier alpha value is -3.32. The van der Waals surface area contributed by atoms with E-state index >= 15 is 0 Å². The highest BCUT2D eigenvalue weighted by molar-refractivity contribution is 7.99. The van der Waals surface area contributed by atoms with Crippen molar-refractivity contribution in [2.75, 3.05) is 18.8 Å². The predicted octanol–water partition coefficient (Wildman–Crippen LogP) is 3.91. The number of nitrogens with one attached hydrogen (secondary N) is 2. The lowest BCUT2D eigenvalue weighted by atomic mass is 9.90. The summed E-state index contributed by atoms with van der Waals surface area (Å²) in [5.74, 6) is 0.0986. The summed E-state index contributed by atoms with van der Waals surface area (Å²) in [6.07, 6.45) is 0.792. The second kappa shape index (κ2) is 9.44. The number of carbonyl (C=O) groups excluding carboxylic acids is 3. The van der Waals surface area contributed by atoms with Crippen LogP contribution in [0.5, 0.6) is 0 Å². The Morgan fingerprint density at radius 3 is 2.50 bits per heavy atom. The number of urea groups is 1. The van der Waals surface area contributed by atoms with Crippen LogP contribution in [-0.4, -0.2) is 41.6 Å². The summed E-state index contributed by atoms with van der Waals surface area (Å²) < 4.78 is 0. The van der Waals surface area contributed by atoms with Gasteiger partial charge in [-0.25, -0.2) is 4.79 Å². The van der Waals surface area contributed by atoms with Crippen molar-refractivity contribution in [3.63, 3.8) is 0 Å². The molecule has 4 rings (SSSR count). The van der Waals surface area contributed by atoms with E-state index in [1.54, 1.807) is 18.7 Å². The highest BCUT2D eigenvalue weighted by Crippen LogP contribution is 2.30. The third-order valence-corrected chi connectivity index (χ3v) is 6.66. The zero-order chi connectivity index (χ0) is 22.6. The second-order valence-electron chi connectivity index (χ2n) is 7.87. The van der Waals surface area contributed by atoms with Crippen LogP contribution in [0.15, 0.2) is 77.7 Å². The Bertz CT molecular complexity index is 1150. The van der Waals surface area contributed by atoms with Crippen molar-refractivity contribution in [1.29, 1.82) is 0 Å². The molecule has 1 aliphatic rings. The van der Waals surface area contributed by atoms with Crippen molar-refractivity contribution in [2.24, 2.45) is 0 Å². The fraction of sp³-hybridized carbons (Fsp3) is 0.240. The normalized spacial score (nSPS) is 18.1. The van der Waals surface area contributed by atoms with Crippen LogP contribution in [-0.2, 0) is 15.1 Å². The molecule has 1 atom stereocenters. The van der Waals surface area contributed by atoms with E-state index in [9.17, 15) is 14.4 Å². The smallest absolute Gasteiger partial charge is 0.325 e. The molecular weight excluding hydrogens is 422 g/mol. The Labute approximate surface area is 191 Å². The predicted molar refractivity (Wildman–Crippen MR) is 126 cm³/mol. The highest BCUT2D eigenvalue weighted by atomic mass is 32.2. The number of nitrogens with zero attached hydrogens (tertiary/aromatic N) is 1. The van der Waals surface area contributed by atoms with Gasteiger partial charge in [0.15, 0.2) is 0 Å². The summed E-state index contributed by atoms with van der Waals surface area (Å²) in [7, 11) is 0. The quantitative estimate of drug-likeness (QED) is 0.312. The van der Waals surface area contributed by atoms with E-state index in [-0.39, 0.29) is 12.5 Å². The van der Waals surface area contributed by atoms with Gasteiger partial charge < -0.3 is 10.6 Å². The van der Waals surface area contributed by atoms with Gasteiger partial charge in [0.1, 0.15) is 12.1 Å². The fourth-order valence-electron chi connectivity index (χ4n) is 3.74. The van der Waals surface area contributed by atoms with Crippen LogP contribution in [0.3, 0.4) is 0 Å². The van der Waals surface area contributed by atoms with Crippen molar-refractivity contribution in [2.45, 2.75) is 23.8 Å². The molecule has 1 heterocycles. The zero-order valence-electron chi connectivity index (χ0n) is 17.8. The van der Waals surface area contributed by atoms with Crippen LogP contribution in [0.2, 0.25) is 0 Å². The molecule has 0 unspecified atom stereocenters. The fourth-order valence-corrected chi connectivity index (χ4v) is 4.62. The third kappa shape index (κ3) is 4.62. The molecule has 0 aromatic heterocycles. The summed E-state index contributed by atoms with van der Waals surface area (Å²) in [6, 6.07) is 23.0. The maximum atomic E-state index is 13.1. The molecule has 3 aromatic carbocycles. The van der Waals surface area contributed by atoms with Crippen LogP contribution in [0.4, 0.5) is 4.79 Å². The van der Waals surface area contributed by atoms with E-state index in [4.69, 9.17) is 0 Å². The first-order chi connectivity index (χ1) is 15.5. The zero-order valence-corrected chi connectivity index (χ0v) is 18.7. The molecule has 164 valence electrons. The number of imide groups is 1. The van der Waals surface area contributed by atoms with Gasteiger partial charge in [-0.3, -0.25) is 14.5 Å². The molecule has 32 heavy (non-hydrogen) atoms. The maximum absolute atomic E-state index is 13.1. The van der Waals surface area contributed by atoms with Gasteiger partial charge in [-0.15, -0.1) is 11.8 Å². The maximum Gasteiger partial charge on any atom is 0.325 e. The lowest BCUT2D eigenvalue weighted by Gasteiger charge is -2.22. The van der Waals surface area contributed by atoms with E-state index in [0.29, 0.717) is 12.1 Å².